The van der Waals surface area contributed by atoms with Gasteiger partial charge < -0.3 is 15.8 Å². The van der Waals surface area contributed by atoms with Gasteiger partial charge in [0.25, 0.3) is 0 Å². The molecule has 0 aromatic rings. The largest absolute Gasteiger partial charge is 0.381 e. The summed E-state index contributed by atoms with van der Waals surface area (Å²) < 4.78 is 5.24. The Morgan fingerprint density at radius 1 is 1.33 bits per heavy atom. The second kappa shape index (κ2) is 6.75. The number of hydrogen-bond acceptors (Lipinski definition) is 5. The van der Waals surface area contributed by atoms with Gasteiger partial charge >= 0.3 is 0 Å². The van der Waals surface area contributed by atoms with Crippen LogP contribution in [0.25, 0.3) is 0 Å². The highest BCUT2D eigenvalue weighted by molar-refractivity contribution is 7.99. The number of nitrogens with one attached hydrogen (secondary N) is 1. The van der Waals surface area contributed by atoms with Crippen molar-refractivity contribution in [2.24, 2.45) is 5.73 Å². The van der Waals surface area contributed by atoms with E-state index in [1.165, 1.54) is 11.5 Å². The summed E-state index contributed by atoms with van der Waals surface area (Å²) in [6, 6.07) is 0. The molecule has 6 heteroatoms. The Balaban J connectivity index is 1.67. The standard InChI is InChI=1S/C12H23N3O2S/c13-12(1-7-17-8-2-12)11(16)14-3-4-15-5-9-18-10-6-15/h1-10,13H2,(H,14,16). The van der Waals surface area contributed by atoms with Crippen LogP contribution in [0.15, 0.2) is 0 Å². The van der Waals surface area contributed by atoms with Gasteiger partial charge in [-0.15, -0.1) is 0 Å². The smallest absolute Gasteiger partial charge is 0.240 e. The van der Waals surface area contributed by atoms with E-state index in [9.17, 15) is 4.79 Å². The molecule has 0 aromatic carbocycles. The van der Waals surface area contributed by atoms with Crippen LogP contribution in [-0.4, -0.2) is 67.2 Å². The van der Waals surface area contributed by atoms with Crippen molar-refractivity contribution in [2.75, 3.05) is 50.9 Å². The summed E-state index contributed by atoms with van der Waals surface area (Å²) in [6.45, 7) is 5.06. The van der Waals surface area contributed by atoms with E-state index < -0.39 is 5.54 Å². The molecule has 5 nitrogen and oxygen atoms in total. The van der Waals surface area contributed by atoms with Crippen LogP contribution < -0.4 is 11.1 Å². The Labute approximate surface area is 113 Å². The molecule has 2 rings (SSSR count). The minimum atomic E-state index is -0.712. The molecule has 0 atom stereocenters. The van der Waals surface area contributed by atoms with Crippen molar-refractivity contribution in [3.8, 4) is 0 Å². The predicted molar refractivity (Wildman–Crippen MR) is 73.7 cm³/mol. The Bertz CT molecular complexity index is 276. The van der Waals surface area contributed by atoms with Crippen LogP contribution in [-0.2, 0) is 9.53 Å². The maximum absolute atomic E-state index is 12.0. The van der Waals surface area contributed by atoms with E-state index in [0.717, 1.165) is 19.6 Å². The topological polar surface area (TPSA) is 67.6 Å². The molecule has 0 saturated carbocycles. The Morgan fingerprint density at radius 3 is 2.67 bits per heavy atom. The quantitative estimate of drug-likeness (QED) is 0.733. The monoisotopic (exact) mass is 273 g/mol. The summed E-state index contributed by atoms with van der Waals surface area (Å²) in [6.07, 6.45) is 1.25. The summed E-state index contributed by atoms with van der Waals surface area (Å²) in [5.74, 6) is 2.38. The maximum atomic E-state index is 12.0. The summed E-state index contributed by atoms with van der Waals surface area (Å²) in [4.78, 5) is 14.4. The predicted octanol–water partition coefficient (Wildman–Crippen LogP) is -0.341. The Kier molecular flexibility index (Phi) is 5.29. The SMILES string of the molecule is NC1(C(=O)NCCN2CCSCC2)CCOCC1. The molecule has 2 aliphatic rings. The van der Waals surface area contributed by atoms with E-state index in [1.807, 2.05) is 11.8 Å². The van der Waals surface area contributed by atoms with Gasteiger partial charge in [0, 0.05) is 50.9 Å². The second-order valence-corrected chi connectivity index (χ2v) is 6.20. The Morgan fingerprint density at radius 2 is 2.00 bits per heavy atom. The van der Waals surface area contributed by atoms with E-state index in [2.05, 4.69) is 10.2 Å². The van der Waals surface area contributed by atoms with Gasteiger partial charge in [-0.3, -0.25) is 9.69 Å². The second-order valence-electron chi connectivity index (χ2n) is 4.98. The number of rotatable bonds is 4. The number of hydrogen-bond donors (Lipinski definition) is 2. The number of nitrogens with zero attached hydrogens (tertiary/aromatic N) is 1. The molecular formula is C12H23N3O2S. The summed E-state index contributed by atoms with van der Waals surface area (Å²) in [5, 5.41) is 2.97. The van der Waals surface area contributed by atoms with Crippen LogP contribution in [0.4, 0.5) is 0 Å². The molecule has 0 aromatic heterocycles. The van der Waals surface area contributed by atoms with Gasteiger partial charge in [-0.05, 0) is 12.8 Å². The maximum Gasteiger partial charge on any atom is 0.240 e. The van der Waals surface area contributed by atoms with E-state index in [1.54, 1.807) is 0 Å². The highest BCUT2D eigenvalue weighted by atomic mass is 32.2. The van der Waals surface area contributed by atoms with Gasteiger partial charge in [0.2, 0.25) is 5.91 Å². The number of carbonyl (C=O) groups is 1. The van der Waals surface area contributed by atoms with Gasteiger partial charge in [-0.25, -0.2) is 0 Å². The zero-order valence-corrected chi connectivity index (χ0v) is 11.6. The van der Waals surface area contributed by atoms with E-state index in [-0.39, 0.29) is 5.91 Å². The van der Waals surface area contributed by atoms with Gasteiger partial charge in [-0.2, -0.15) is 11.8 Å². The van der Waals surface area contributed by atoms with E-state index in [0.29, 0.717) is 32.6 Å². The average molecular weight is 273 g/mol. The lowest BCUT2D eigenvalue weighted by atomic mass is 9.90. The minimum Gasteiger partial charge on any atom is -0.381 e. The van der Waals surface area contributed by atoms with Gasteiger partial charge in [0.05, 0.1) is 5.54 Å². The lowest BCUT2D eigenvalue weighted by Gasteiger charge is -2.32. The molecule has 2 fully saturated rings. The molecule has 0 bridgehead atoms. The van der Waals surface area contributed by atoms with Crippen molar-refractivity contribution in [1.82, 2.24) is 10.2 Å². The number of nitrogens with two attached hydrogens (primary N) is 1. The third-order valence-electron chi connectivity index (χ3n) is 3.65. The number of carbonyl (C=O) groups excluding carboxylic acids is 1. The number of ether oxygens (including phenoxy) is 1. The molecule has 1 amide bonds. The van der Waals surface area contributed by atoms with Crippen molar-refractivity contribution < 1.29 is 9.53 Å². The van der Waals surface area contributed by atoms with Gasteiger partial charge in [0.15, 0.2) is 0 Å². The highest BCUT2D eigenvalue weighted by Crippen LogP contribution is 2.17. The molecule has 0 spiro atoms. The molecule has 2 aliphatic heterocycles. The fourth-order valence-electron chi connectivity index (χ4n) is 2.29. The third-order valence-corrected chi connectivity index (χ3v) is 4.60. The molecule has 0 radical (unpaired) electrons. The van der Waals surface area contributed by atoms with Crippen molar-refractivity contribution in [1.29, 1.82) is 0 Å². The van der Waals surface area contributed by atoms with Gasteiger partial charge in [-0.1, -0.05) is 0 Å². The van der Waals surface area contributed by atoms with Crippen LogP contribution in [0, 0.1) is 0 Å². The Hall–Kier alpha value is -0.300. The van der Waals surface area contributed by atoms with Crippen LogP contribution in [0.3, 0.4) is 0 Å². The first-order valence-corrected chi connectivity index (χ1v) is 7.81. The van der Waals surface area contributed by atoms with Crippen LogP contribution in [0.1, 0.15) is 12.8 Å². The first-order valence-electron chi connectivity index (χ1n) is 6.66. The van der Waals surface area contributed by atoms with Crippen molar-refractivity contribution in [3.05, 3.63) is 0 Å². The first kappa shape index (κ1) is 14.1. The first-order chi connectivity index (χ1) is 8.71. The molecule has 0 unspecified atom stereocenters. The van der Waals surface area contributed by atoms with Crippen molar-refractivity contribution in [2.45, 2.75) is 18.4 Å². The van der Waals surface area contributed by atoms with Crippen LogP contribution >= 0.6 is 11.8 Å². The van der Waals surface area contributed by atoms with E-state index >= 15 is 0 Å². The van der Waals surface area contributed by atoms with Crippen molar-refractivity contribution in [3.63, 3.8) is 0 Å². The van der Waals surface area contributed by atoms with E-state index in [4.69, 9.17) is 10.5 Å². The molecule has 104 valence electrons. The molecule has 2 heterocycles. The van der Waals surface area contributed by atoms with Crippen LogP contribution in [0.2, 0.25) is 0 Å². The zero-order chi connectivity index (χ0) is 12.8. The lowest BCUT2D eigenvalue weighted by molar-refractivity contribution is -0.129. The summed E-state index contributed by atoms with van der Waals surface area (Å²) in [5.41, 5.74) is 5.40. The lowest BCUT2D eigenvalue weighted by Crippen LogP contribution is -2.57. The summed E-state index contributed by atoms with van der Waals surface area (Å²) >= 11 is 2.00. The zero-order valence-electron chi connectivity index (χ0n) is 10.8. The fourth-order valence-corrected chi connectivity index (χ4v) is 3.27. The van der Waals surface area contributed by atoms with Crippen molar-refractivity contribution >= 4 is 17.7 Å². The average Bonchev–Trinajstić information content (AvgIpc) is 2.41. The molecule has 2 saturated heterocycles. The number of amides is 1. The molecule has 3 N–H and O–H groups in total. The molecule has 18 heavy (non-hydrogen) atoms. The normalized spacial score (nSPS) is 24.7. The van der Waals surface area contributed by atoms with Gasteiger partial charge in [0.1, 0.15) is 0 Å². The fraction of sp³-hybridized carbons (Fsp3) is 0.917. The van der Waals surface area contributed by atoms with Crippen LogP contribution in [0.5, 0.6) is 0 Å². The highest BCUT2D eigenvalue weighted by Gasteiger charge is 2.35. The molecule has 0 aliphatic carbocycles. The molecular weight excluding hydrogens is 250 g/mol. The minimum absolute atomic E-state index is 0.0165. The third kappa shape index (κ3) is 3.85. The number of thioether (sulfide) groups is 1. The summed E-state index contributed by atoms with van der Waals surface area (Å²) in [7, 11) is 0.